The van der Waals surface area contributed by atoms with E-state index in [1.54, 1.807) is 20.8 Å². The molecule has 35 heavy (non-hydrogen) atoms. The Morgan fingerprint density at radius 1 is 1.06 bits per heavy atom. The van der Waals surface area contributed by atoms with E-state index >= 15 is 0 Å². The first-order valence-electron chi connectivity index (χ1n) is 11.2. The number of fused-ring (bicyclic) bond motifs is 1. The van der Waals surface area contributed by atoms with Gasteiger partial charge in [0.15, 0.2) is 17.3 Å². The van der Waals surface area contributed by atoms with Crippen LogP contribution >= 0.6 is 0 Å². The average molecular weight is 490 g/mol. The SMILES string of the molecule is CC(C)(C)OC(=O)NC1CCC(n2c(=O)c3cc(F)cnc3n(-c3ccc(F)c(F)c3)c2=O)CC1. The van der Waals surface area contributed by atoms with Crippen LogP contribution < -0.4 is 16.6 Å². The number of halogens is 3. The van der Waals surface area contributed by atoms with Crippen LogP contribution in [-0.2, 0) is 4.74 Å². The number of ether oxygens (including phenoxy) is 1. The molecule has 1 fully saturated rings. The Bertz CT molecular complexity index is 1400. The molecule has 0 aliphatic heterocycles. The Kier molecular flexibility index (Phi) is 6.44. The molecule has 0 spiro atoms. The summed E-state index contributed by atoms with van der Waals surface area (Å²) >= 11 is 0. The number of benzene rings is 1. The van der Waals surface area contributed by atoms with Crippen molar-refractivity contribution < 1.29 is 22.7 Å². The molecule has 11 heteroatoms. The van der Waals surface area contributed by atoms with Crippen LogP contribution in [0.1, 0.15) is 52.5 Å². The van der Waals surface area contributed by atoms with Gasteiger partial charge >= 0.3 is 11.8 Å². The number of pyridine rings is 1. The number of carbonyl (C=O) groups excluding carboxylic acids is 1. The highest BCUT2D eigenvalue weighted by atomic mass is 19.2. The van der Waals surface area contributed by atoms with Crippen LogP contribution in [0.5, 0.6) is 0 Å². The quantitative estimate of drug-likeness (QED) is 0.600. The first kappa shape index (κ1) is 24.5. The fourth-order valence-electron chi connectivity index (χ4n) is 4.31. The topological polar surface area (TPSA) is 95.2 Å². The summed E-state index contributed by atoms with van der Waals surface area (Å²) < 4.78 is 48.7. The summed E-state index contributed by atoms with van der Waals surface area (Å²) in [5, 5.41) is 2.63. The van der Waals surface area contributed by atoms with E-state index in [1.165, 1.54) is 6.07 Å². The van der Waals surface area contributed by atoms with E-state index in [-0.39, 0.29) is 22.8 Å². The van der Waals surface area contributed by atoms with Crippen LogP contribution in [-0.4, -0.2) is 31.9 Å². The summed E-state index contributed by atoms with van der Waals surface area (Å²) in [7, 11) is 0. The van der Waals surface area contributed by atoms with Crippen molar-refractivity contribution in [2.24, 2.45) is 0 Å². The largest absolute Gasteiger partial charge is 0.444 e. The van der Waals surface area contributed by atoms with E-state index < -0.39 is 46.4 Å². The minimum absolute atomic E-state index is 0.0490. The number of hydrogen-bond acceptors (Lipinski definition) is 5. The van der Waals surface area contributed by atoms with Crippen molar-refractivity contribution in [3.63, 3.8) is 0 Å². The highest BCUT2D eigenvalue weighted by Crippen LogP contribution is 2.28. The maximum absolute atomic E-state index is 14.0. The molecule has 3 aromatic rings. The first-order valence-corrected chi connectivity index (χ1v) is 11.2. The van der Waals surface area contributed by atoms with Gasteiger partial charge < -0.3 is 10.1 Å². The predicted molar refractivity (Wildman–Crippen MR) is 122 cm³/mol. The minimum Gasteiger partial charge on any atom is -0.444 e. The number of amides is 1. The van der Waals surface area contributed by atoms with E-state index in [4.69, 9.17) is 4.74 Å². The number of aromatic nitrogens is 3. The monoisotopic (exact) mass is 490 g/mol. The molecule has 2 heterocycles. The molecular formula is C24H25F3N4O4. The van der Waals surface area contributed by atoms with Crippen LogP contribution in [0.3, 0.4) is 0 Å². The molecule has 0 bridgehead atoms. The number of nitrogens with zero attached hydrogens (tertiary/aromatic N) is 3. The number of hydrogen-bond donors (Lipinski definition) is 1. The molecule has 0 radical (unpaired) electrons. The van der Waals surface area contributed by atoms with Gasteiger partial charge in [0.1, 0.15) is 11.4 Å². The van der Waals surface area contributed by atoms with Gasteiger partial charge in [0.05, 0.1) is 17.3 Å². The molecule has 0 saturated heterocycles. The molecule has 1 saturated carbocycles. The smallest absolute Gasteiger partial charge is 0.407 e. The number of rotatable bonds is 3. The van der Waals surface area contributed by atoms with Gasteiger partial charge in [0.25, 0.3) is 5.56 Å². The van der Waals surface area contributed by atoms with E-state index in [1.807, 2.05) is 0 Å². The highest BCUT2D eigenvalue weighted by Gasteiger charge is 2.29. The lowest BCUT2D eigenvalue weighted by Gasteiger charge is -2.31. The summed E-state index contributed by atoms with van der Waals surface area (Å²) in [5.41, 5.74) is -2.37. The summed E-state index contributed by atoms with van der Waals surface area (Å²) in [6.07, 6.45) is 1.99. The van der Waals surface area contributed by atoms with E-state index in [0.717, 1.165) is 33.5 Å². The van der Waals surface area contributed by atoms with Crippen molar-refractivity contribution in [1.29, 1.82) is 0 Å². The summed E-state index contributed by atoms with van der Waals surface area (Å²) in [6.45, 7) is 5.27. The van der Waals surface area contributed by atoms with Crippen molar-refractivity contribution in [2.45, 2.75) is 64.1 Å². The van der Waals surface area contributed by atoms with Crippen molar-refractivity contribution in [3.8, 4) is 5.69 Å². The molecule has 1 aliphatic rings. The lowest BCUT2D eigenvalue weighted by Crippen LogP contribution is -2.45. The van der Waals surface area contributed by atoms with Gasteiger partial charge in [0.2, 0.25) is 0 Å². The normalized spacial score (nSPS) is 18.5. The van der Waals surface area contributed by atoms with Crippen molar-refractivity contribution in [3.05, 3.63) is 68.8 Å². The Hall–Kier alpha value is -3.63. The lowest BCUT2D eigenvalue weighted by molar-refractivity contribution is 0.0487. The van der Waals surface area contributed by atoms with Gasteiger partial charge in [-0.25, -0.2) is 32.3 Å². The molecule has 1 aliphatic carbocycles. The van der Waals surface area contributed by atoms with E-state index in [2.05, 4.69) is 10.3 Å². The Labute approximate surface area is 198 Å². The number of alkyl carbamates (subject to hydrolysis) is 1. The third-order valence-corrected chi connectivity index (χ3v) is 5.84. The Morgan fingerprint density at radius 2 is 1.74 bits per heavy atom. The summed E-state index contributed by atoms with van der Waals surface area (Å²) in [6, 6.07) is 3.07. The molecule has 4 rings (SSSR count). The zero-order chi connectivity index (χ0) is 25.5. The fraction of sp³-hybridized carbons (Fsp3) is 0.417. The summed E-state index contributed by atoms with van der Waals surface area (Å²) in [5.74, 6) is -3.06. The summed E-state index contributed by atoms with van der Waals surface area (Å²) in [4.78, 5) is 42.7. The van der Waals surface area contributed by atoms with Crippen LogP contribution in [0.4, 0.5) is 18.0 Å². The zero-order valence-corrected chi connectivity index (χ0v) is 19.5. The van der Waals surface area contributed by atoms with Gasteiger partial charge in [0, 0.05) is 18.2 Å². The minimum atomic E-state index is -1.18. The van der Waals surface area contributed by atoms with Crippen molar-refractivity contribution in [2.75, 3.05) is 0 Å². The number of carbonyl (C=O) groups is 1. The third kappa shape index (κ3) is 5.08. The molecule has 1 N–H and O–H groups in total. The zero-order valence-electron chi connectivity index (χ0n) is 19.5. The number of nitrogens with one attached hydrogen (secondary N) is 1. The maximum atomic E-state index is 14.0. The lowest BCUT2D eigenvalue weighted by atomic mass is 9.91. The second-order valence-electron chi connectivity index (χ2n) is 9.57. The van der Waals surface area contributed by atoms with Gasteiger partial charge in [-0.2, -0.15) is 0 Å². The second kappa shape index (κ2) is 9.20. The van der Waals surface area contributed by atoms with Crippen LogP contribution in [0.15, 0.2) is 40.1 Å². The highest BCUT2D eigenvalue weighted by molar-refractivity contribution is 5.75. The van der Waals surface area contributed by atoms with Crippen LogP contribution in [0, 0.1) is 17.5 Å². The third-order valence-electron chi connectivity index (χ3n) is 5.84. The first-order chi connectivity index (χ1) is 16.4. The fourth-order valence-corrected chi connectivity index (χ4v) is 4.31. The average Bonchev–Trinajstić information content (AvgIpc) is 2.76. The Morgan fingerprint density at radius 3 is 2.37 bits per heavy atom. The predicted octanol–water partition coefficient (Wildman–Crippen LogP) is 3.97. The van der Waals surface area contributed by atoms with Crippen molar-refractivity contribution in [1.82, 2.24) is 19.4 Å². The molecular weight excluding hydrogens is 465 g/mol. The molecule has 1 amide bonds. The molecule has 0 atom stereocenters. The van der Waals surface area contributed by atoms with E-state index in [9.17, 15) is 27.6 Å². The van der Waals surface area contributed by atoms with E-state index in [0.29, 0.717) is 25.7 Å². The van der Waals surface area contributed by atoms with Gasteiger partial charge in [-0.3, -0.25) is 9.36 Å². The standard InChI is InChI=1S/C24H25F3N4O4/c1-24(2,3)35-22(33)29-14-4-6-15(7-5-14)31-21(32)17-10-13(25)12-28-20(17)30(23(31)34)16-8-9-18(26)19(27)11-16/h8-12,14-15H,4-7H2,1-3H3,(H,29,33). The molecule has 0 unspecified atom stereocenters. The van der Waals surface area contributed by atoms with Crippen LogP contribution in [0.25, 0.3) is 16.7 Å². The molecule has 2 aromatic heterocycles. The van der Waals surface area contributed by atoms with Gasteiger partial charge in [-0.05, 0) is 64.7 Å². The Balaban J connectivity index is 1.71. The maximum Gasteiger partial charge on any atom is 0.407 e. The molecule has 1 aromatic carbocycles. The molecule has 186 valence electrons. The second-order valence-corrected chi connectivity index (χ2v) is 9.57. The van der Waals surface area contributed by atoms with Gasteiger partial charge in [-0.1, -0.05) is 0 Å². The van der Waals surface area contributed by atoms with Crippen molar-refractivity contribution >= 4 is 17.1 Å². The van der Waals surface area contributed by atoms with Crippen LogP contribution in [0.2, 0.25) is 0 Å². The van der Waals surface area contributed by atoms with Gasteiger partial charge in [-0.15, -0.1) is 0 Å². The molecule has 8 nitrogen and oxygen atoms in total.